The number of nitrogens with one attached hydrogen (secondary N) is 1. The summed E-state index contributed by atoms with van der Waals surface area (Å²) < 4.78 is 6.81. The first-order chi connectivity index (χ1) is 11.9. The molecule has 25 heavy (non-hydrogen) atoms. The second kappa shape index (κ2) is 8.25. The first-order valence-electron chi connectivity index (χ1n) is 8.61. The monoisotopic (exact) mass is 345 g/mol. The number of ketones is 1. The van der Waals surface area contributed by atoms with Gasteiger partial charge in [-0.1, -0.05) is 18.7 Å². The average Bonchev–Trinajstić information content (AvgIpc) is 3.11. The number of aromatic nitrogens is 2. The number of rotatable bonds is 7. The summed E-state index contributed by atoms with van der Waals surface area (Å²) in [7, 11) is 1.38. The first kappa shape index (κ1) is 19.1. The van der Waals surface area contributed by atoms with Crippen molar-refractivity contribution in [3.63, 3.8) is 0 Å². The lowest BCUT2D eigenvalue weighted by Gasteiger charge is -2.34. The molecule has 0 saturated carbocycles. The van der Waals surface area contributed by atoms with Gasteiger partial charge in [-0.05, 0) is 45.4 Å². The fraction of sp³-hybridized carbons (Fsp3) is 0.526. The Labute approximate surface area is 149 Å². The van der Waals surface area contributed by atoms with Gasteiger partial charge >= 0.3 is 5.97 Å². The summed E-state index contributed by atoms with van der Waals surface area (Å²) in [5.41, 5.74) is 0.634. The predicted octanol–water partition coefficient (Wildman–Crippen LogP) is 2.69. The number of esters is 1. The van der Waals surface area contributed by atoms with E-state index < -0.39 is 5.41 Å². The summed E-state index contributed by atoms with van der Waals surface area (Å²) in [6.07, 6.45) is 8.37. The smallest absolute Gasteiger partial charge is 0.312 e. The highest BCUT2D eigenvalue weighted by atomic mass is 16.5. The minimum absolute atomic E-state index is 0.0836. The number of allylic oxidation sites excluding steroid dienone is 3. The topological polar surface area (TPSA) is 73.2 Å². The van der Waals surface area contributed by atoms with Crippen molar-refractivity contribution in [2.24, 2.45) is 5.41 Å². The van der Waals surface area contributed by atoms with Crippen LogP contribution in [0, 0.1) is 5.41 Å². The Kier molecular flexibility index (Phi) is 6.31. The van der Waals surface area contributed by atoms with Crippen LogP contribution in [0.2, 0.25) is 0 Å². The number of hydrogen-bond donors (Lipinski definition) is 1. The standard InChI is InChI=1S/C19H27N3O3/c1-5-6-14(2)15(3)22-13-21-12-16(22)17(23)11-19(18(24)25-4)7-9-20-10-8-19/h5-6,12-13,15,20H,2,7-11H2,1,3-4H3/b6-5-. The van der Waals surface area contributed by atoms with Crippen LogP contribution in [0.15, 0.2) is 36.8 Å². The number of carbonyl (C=O) groups is 2. The van der Waals surface area contributed by atoms with E-state index in [1.807, 2.05) is 30.6 Å². The Hall–Kier alpha value is -2.21. The van der Waals surface area contributed by atoms with E-state index in [1.165, 1.54) is 7.11 Å². The summed E-state index contributed by atoms with van der Waals surface area (Å²) in [5, 5.41) is 3.23. The highest BCUT2D eigenvalue weighted by Gasteiger charge is 2.43. The molecule has 6 nitrogen and oxygen atoms in total. The molecule has 1 aromatic rings. The van der Waals surface area contributed by atoms with Gasteiger partial charge < -0.3 is 14.6 Å². The zero-order valence-corrected chi connectivity index (χ0v) is 15.2. The third kappa shape index (κ3) is 4.07. The van der Waals surface area contributed by atoms with Crippen molar-refractivity contribution in [1.29, 1.82) is 0 Å². The van der Waals surface area contributed by atoms with Crippen LogP contribution in [0.3, 0.4) is 0 Å². The number of carbonyl (C=O) groups excluding carboxylic acids is 2. The van der Waals surface area contributed by atoms with Crippen molar-refractivity contribution in [3.05, 3.63) is 42.5 Å². The highest BCUT2D eigenvalue weighted by Crippen LogP contribution is 2.35. The zero-order valence-electron chi connectivity index (χ0n) is 15.2. The predicted molar refractivity (Wildman–Crippen MR) is 96.4 cm³/mol. The third-order valence-electron chi connectivity index (χ3n) is 4.96. The maximum absolute atomic E-state index is 13.0. The SMILES string of the molecule is C=C(/C=C\C)C(C)n1cncc1C(=O)CC1(C(=O)OC)CCNCC1. The second-order valence-electron chi connectivity index (χ2n) is 6.56. The van der Waals surface area contributed by atoms with E-state index in [1.54, 1.807) is 12.5 Å². The summed E-state index contributed by atoms with van der Waals surface area (Å²) in [4.78, 5) is 29.5. The first-order valence-corrected chi connectivity index (χ1v) is 8.61. The van der Waals surface area contributed by atoms with Crippen LogP contribution in [0.25, 0.3) is 0 Å². The van der Waals surface area contributed by atoms with Gasteiger partial charge in [-0.25, -0.2) is 4.98 Å². The summed E-state index contributed by atoms with van der Waals surface area (Å²) in [6, 6.07) is -0.0836. The molecule has 0 bridgehead atoms. The molecule has 1 unspecified atom stereocenters. The van der Waals surface area contributed by atoms with Gasteiger partial charge in [-0.2, -0.15) is 0 Å². The second-order valence-corrected chi connectivity index (χ2v) is 6.56. The highest BCUT2D eigenvalue weighted by molar-refractivity contribution is 5.97. The molecule has 0 aromatic carbocycles. The van der Waals surface area contributed by atoms with E-state index in [0.717, 1.165) is 5.57 Å². The molecule has 0 amide bonds. The van der Waals surface area contributed by atoms with E-state index in [-0.39, 0.29) is 24.2 Å². The molecule has 1 N–H and O–H groups in total. The Bertz CT molecular complexity index is 669. The fourth-order valence-corrected chi connectivity index (χ4v) is 3.33. The van der Waals surface area contributed by atoms with Crippen LogP contribution in [0.5, 0.6) is 0 Å². The minimum Gasteiger partial charge on any atom is -0.469 e. The van der Waals surface area contributed by atoms with Crippen molar-refractivity contribution in [3.8, 4) is 0 Å². The minimum atomic E-state index is -0.754. The summed E-state index contributed by atoms with van der Waals surface area (Å²) >= 11 is 0. The molecule has 0 radical (unpaired) electrons. The van der Waals surface area contributed by atoms with Crippen LogP contribution >= 0.6 is 0 Å². The number of piperidine rings is 1. The largest absolute Gasteiger partial charge is 0.469 e. The summed E-state index contributed by atoms with van der Waals surface area (Å²) in [5.74, 6) is -0.398. The Balaban J connectivity index is 2.24. The van der Waals surface area contributed by atoms with Crippen molar-refractivity contribution in [1.82, 2.24) is 14.9 Å². The lowest BCUT2D eigenvalue weighted by atomic mass is 9.74. The van der Waals surface area contributed by atoms with Crippen LogP contribution in [0.1, 0.15) is 49.6 Å². The van der Waals surface area contributed by atoms with Gasteiger partial charge in [0.2, 0.25) is 0 Å². The molecule has 2 rings (SSSR count). The van der Waals surface area contributed by atoms with Gasteiger partial charge in [-0.15, -0.1) is 0 Å². The van der Waals surface area contributed by atoms with E-state index in [4.69, 9.17) is 4.74 Å². The van der Waals surface area contributed by atoms with E-state index >= 15 is 0 Å². The molecule has 136 valence electrons. The number of hydrogen-bond acceptors (Lipinski definition) is 5. The number of ether oxygens (including phenoxy) is 1. The van der Waals surface area contributed by atoms with E-state index in [2.05, 4.69) is 16.9 Å². The molecule has 1 aliphatic heterocycles. The third-order valence-corrected chi connectivity index (χ3v) is 4.96. The van der Waals surface area contributed by atoms with Crippen molar-refractivity contribution in [2.75, 3.05) is 20.2 Å². The van der Waals surface area contributed by atoms with Crippen molar-refractivity contribution in [2.45, 2.75) is 39.2 Å². The maximum atomic E-state index is 13.0. The molecular formula is C19H27N3O3. The number of methoxy groups -OCH3 is 1. The van der Waals surface area contributed by atoms with Crippen LogP contribution in [0.4, 0.5) is 0 Å². The average molecular weight is 345 g/mol. The van der Waals surface area contributed by atoms with Crippen LogP contribution < -0.4 is 5.32 Å². The Morgan fingerprint density at radius 2 is 2.16 bits per heavy atom. The fourth-order valence-electron chi connectivity index (χ4n) is 3.33. The Morgan fingerprint density at radius 3 is 2.76 bits per heavy atom. The van der Waals surface area contributed by atoms with Crippen molar-refractivity contribution < 1.29 is 14.3 Å². The van der Waals surface area contributed by atoms with Crippen molar-refractivity contribution >= 4 is 11.8 Å². The van der Waals surface area contributed by atoms with E-state index in [9.17, 15) is 9.59 Å². The van der Waals surface area contributed by atoms with Gasteiger partial charge in [0.25, 0.3) is 0 Å². The molecular weight excluding hydrogens is 318 g/mol. The number of nitrogens with zero attached hydrogens (tertiary/aromatic N) is 2. The zero-order chi connectivity index (χ0) is 18.4. The molecule has 0 aliphatic carbocycles. The van der Waals surface area contributed by atoms with Gasteiger partial charge in [0.1, 0.15) is 5.69 Å². The lowest BCUT2D eigenvalue weighted by molar-refractivity contribution is -0.154. The van der Waals surface area contributed by atoms with Gasteiger partial charge in [-0.3, -0.25) is 9.59 Å². The lowest BCUT2D eigenvalue weighted by Crippen LogP contribution is -2.44. The number of imidazole rings is 1. The quantitative estimate of drug-likeness (QED) is 0.467. The number of Topliss-reactive ketones (excluding diaryl/α,β-unsaturated/α-hetero) is 1. The van der Waals surface area contributed by atoms with E-state index in [0.29, 0.717) is 31.6 Å². The molecule has 2 heterocycles. The van der Waals surface area contributed by atoms with Crippen LogP contribution in [-0.2, 0) is 9.53 Å². The van der Waals surface area contributed by atoms with Gasteiger partial charge in [0.05, 0.1) is 31.1 Å². The molecule has 1 fully saturated rings. The van der Waals surface area contributed by atoms with Gasteiger partial charge in [0, 0.05) is 6.42 Å². The normalized spacial score (nSPS) is 18.0. The molecule has 1 aromatic heterocycles. The van der Waals surface area contributed by atoms with Crippen LogP contribution in [-0.4, -0.2) is 41.5 Å². The summed E-state index contributed by atoms with van der Waals surface area (Å²) in [6.45, 7) is 9.35. The van der Waals surface area contributed by atoms with Gasteiger partial charge in [0.15, 0.2) is 5.78 Å². The molecule has 1 saturated heterocycles. The Morgan fingerprint density at radius 1 is 1.48 bits per heavy atom. The molecule has 1 aliphatic rings. The molecule has 6 heteroatoms. The molecule has 1 atom stereocenters. The maximum Gasteiger partial charge on any atom is 0.312 e. The molecule has 0 spiro atoms.